The molecule has 0 radical (unpaired) electrons. The third-order valence-corrected chi connectivity index (χ3v) is 6.73. The molecule has 1 saturated carbocycles. The number of allylic oxidation sites excluding steroid dienone is 4. The molecule has 1 atom stereocenters. The minimum atomic E-state index is -3.43. The number of hydrogen-bond acceptors (Lipinski definition) is 4. The summed E-state index contributed by atoms with van der Waals surface area (Å²) in [6.07, 6.45) is 8.30. The summed E-state index contributed by atoms with van der Waals surface area (Å²) in [6, 6.07) is -1.03. The Balaban J connectivity index is 2.11. The van der Waals surface area contributed by atoms with Crippen LogP contribution in [0.15, 0.2) is 36.5 Å². The molecule has 8 heteroatoms. The van der Waals surface area contributed by atoms with Gasteiger partial charge in [-0.05, 0) is 25.3 Å². The number of rotatable bonds is 8. The number of carbonyl (C=O) groups excluding carboxylic acids is 1. The number of piperazine rings is 1. The lowest BCUT2D eigenvalue weighted by Gasteiger charge is -2.37. The maximum absolute atomic E-state index is 12.4. The molecule has 1 saturated heterocycles. The second-order valence-corrected chi connectivity index (χ2v) is 8.41. The molecule has 0 aromatic rings. The molecular formula is C17H24N2O5S. The molecule has 2 fully saturated rings. The van der Waals surface area contributed by atoms with Gasteiger partial charge in [-0.25, -0.2) is 13.2 Å². The number of hydrogen-bond donors (Lipinski definition) is 1. The highest BCUT2D eigenvalue weighted by molar-refractivity contribution is 7.90. The van der Waals surface area contributed by atoms with Crippen LogP contribution in [0.4, 0.5) is 0 Å². The van der Waals surface area contributed by atoms with Crippen LogP contribution in [-0.4, -0.2) is 65.5 Å². The molecule has 0 unspecified atom stereocenters. The van der Waals surface area contributed by atoms with Crippen LogP contribution in [-0.2, 0) is 19.6 Å². The summed E-state index contributed by atoms with van der Waals surface area (Å²) in [7, 11) is -3.43. The summed E-state index contributed by atoms with van der Waals surface area (Å²) in [6.45, 7) is 5.44. The van der Waals surface area contributed by atoms with E-state index >= 15 is 0 Å². The molecule has 0 spiro atoms. The first-order chi connectivity index (χ1) is 11.8. The van der Waals surface area contributed by atoms with Crippen LogP contribution in [0, 0.1) is 0 Å². The average Bonchev–Trinajstić information content (AvgIpc) is 3.41. The maximum Gasteiger partial charge on any atom is 0.326 e. The molecule has 1 amide bonds. The van der Waals surface area contributed by atoms with Gasteiger partial charge in [0.05, 0.1) is 11.8 Å². The highest BCUT2D eigenvalue weighted by Crippen LogP contribution is 2.31. The van der Waals surface area contributed by atoms with E-state index in [9.17, 15) is 23.1 Å². The summed E-state index contributed by atoms with van der Waals surface area (Å²) in [5, 5.41) is 9.16. The first-order valence-corrected chi connectivity index (χ1v) is 9.77. The molecule has 0 bridgehead atoms. The van der Waals surface area contributed by atoms with Crippen LogP contribution in [0.5, 0.6) is 0 Å². The molecule has 2 aliphatic rings. The van der Waals surface area contributed by atoms with Crippen molar-refractivity contribution in [2.24, 2.45) is 0 Å². The largest absolute Gasteiger partial charge is 0.480 e. The van der Waals surface area contributed by atoms with E-state index in [0.29, 0.717) is 18.4 Å². The maximum atomic E-state index is 12.4. The molecule has 1 N–H and O–H groups in total. The predicted octanol–water partition coefficient (Wildman–Crippen LogP) is 1.15. The van der Waals surface area contributed by atoms with E-state index in [1.165, 1.54) is 9.21 Å². The lowest BCUT2D eigenvalue weighted by Crippen LogP contribution is -2.57. The fourth-order valence-corrected chi connectivity index (χ4v) is 4.56. The van der Waals surface area contributed by atoms with Crippen LogP contribution < -0.4 is 0 Å². The Kier molecular flexibility index (Phi) is 6.18. The summed E-state index contributed by atoms with van der Waals surface area (Å²) < 4.78 is 25.7. The molecule has 7 nitrogen and oxygen atoms in total. The Morgan fingerprint density at radius 3 is 2.56 bits per heavy atom. The van der Waals surface area contributed by atoms with Crippen molar-refractivity contribution in [2.75, 3.05) is 19.6 Å². The molecule has 25 heavy (non-hydrogen) atoms. The molecule has 1 aliphatic heterocycles. The first-order valence-electron chi connectivity index (χ1n) is 8.26. The number of carboxylic acids is 1. The molecule has 0 aromatic heterocycles. The van der Waals surface area contributed by atoms with E-state index in [-0.39, 0.29) is 31.3 Å². The third-order valence-electron chi connectivity index (χ3n) is 4.38. The van der Waals surface area contributed by atoms with Gasteiger partial charge >= 0.3 is 5.97 Å². The smallest absolute Gasteiger partial charge is 0.326 e. The van der Waals surface area contributed by atoms with E-state index in [1.807, 2.05) is 13.0 Å². The summed E-state index contributed by atoms with van der Waals surface area (Å²) >= 11 is 0. The van der Waals surface area contributed by atoms with E-state index in [4.69, 9.17) is 0 Å². The normalized spacial score (nSPS) is 21.6. The number of amides is 1. The zero-order valence-electron chi connectivity index (χ0n) is 14.3. The first kappa shape index (κ1) is 19.4. The Morgan fingerprint density at radius 1 is 1.40 bits per heavy atom. The van der Waals surface area contributed by atoms with Gasteiger partial charge in [-0.1, -0.05) is 30.9 Å². The zero-order chi connectivity index (χ0) is 18.6. The molecule has 138 valence electrons. The van der Waals surface area contributed by atoms with Gasteiger partial charge in [-0.3, -0.25) is 4.79 Å². The van der Waals surface area contributed by atoms with E-state index in [0.717, 1.165) is 0 Å². The second-order valence-electron chi connectivity index (χ2n) is 6.19. The molecule has 2 rings (SSSR count). The highest BCUT2D eigenvalue weighted by Gasteiger charge is 2.44. The van der Waals surface area contributed by atoms with Crippen molar-refractivity contribution in [3.63, 3.8) is 0 Å². The summed E-state index contributed by atoms with van der Waals surface area (Å²) in [5.41, 5.74) is 0.700. The number of aliphatic carboxylic acids is 1. The van der Waals surface area contributed by atoms with Crippen LogP contribution in [0.3, 0.4) is 0 Å². The van der Waals surface area contributed by atoms with Gasteiger partial charge in [0, 0.05) is 19.5 Å². The van der Waals surface area contributed by atoms with Crippen molar-refractivity contribution in [1.29, 1.82) is 0 Å². The molecule has 0 aromatic carbocycles. The zero-order valence-corrected chi connectivity index (χ0v) is 15.1. The van der Waals surface area contributed by atoms with Crippen molar-refractivity contribution >= 4 is 21.9 Å². The second kappa shape index (κ2) is 7.97. The van der Waals surface area contributed by atoms with Gasteiger partial charge in [-0.15, -0.1) is 0 Å². The van der Waals surface area contributed by atoms with Gasteiger partial charge < -0.3 is 10.0 Å². The quantitative estimate of drug-likeness (QED) is 0.649. The fourth-order valence-electron chi connectivity index (χ4n) is 2.78. The van der Waals surface area contributed by atoms with Crippen molar-refractivity contribution in [3.05, 3.63) is 36.5 Å². The van der Waals surface area contributed by atoms with Crippen LogP contribution in [0.2, 0.25) is 0 Å². The van der Waals surface area contributed by atoms with Gasteiger partial charge in [0.25, 0.3) is 0 Å². The summed E-state index contributed by atoms with van der Waals surface area (Å²) in [4.78, 5) is 25.3. The van der Waals surface area contributed by atoms with Gasteiger partial charge in [0.15, 0.2) is 0 Å². The van der Waals surface area contributed by atoms with Gasteiger partial charge in [0.2, 0.25) is 15.9 Å². The Morgan fingerprint density at radius 2 is 2.08 bits per heavy atom. The fraction of sp³-hybridized carbons (Fsp3) is 0.529. The van der Waals surface area contributed by atoms with E-state index in [1.54, 1.807) is 18.2 Å². The number of carbonyl (C=O) groups is 2. The van der Waals surface area contributed by atoms with E-state index < -0.39 is 27.9 Å². The van der Waals surface area contributed by atoms with Crippen molar-refractivity contribution in [2.45, 2.75) is 37.5 Å². The SMILES string of the molecule is C=C/C(=C\C=C/C)C[C@@H](C(=O)O)N1CCN(S(=O)(=O)C2CC2)CC1=O. The molecule has 1 aliphatic carbocycles. The number of carboxylic acid groups (broad SMARTS) is 1. The topological polar surface area (TPSA) is 95.0 Å². The Bertz CT molecular complexity index is 707. The van der Waals surface area contributed by atoms with Crippen LogP contribution in [0.1, 0.15) is 26.2 Å². The Hall–Kier alpha value is -1.93. The molecular weight excluding hydrogens is 344 g/mol. The minimum absolute atomic E-state index is 0.0792. The van der Waals surface area contributed by atoms with Crippen LogP contribution in [0.25, 0.3) is 0 Å². The highest BCUT2D eigenvalue weighted by atomic mass is 32.2. The Labute approximate surface area is 148 Å². The molecule has 1 heterocycles. The van der Waals surface area contributed by atoms with E-state index in [2.05, 4.69) is 6.58 Å². The van der Waals surface area contributed by atoms with Crippen LogP contribution >= 0.6 is 0 Å². The van der Waals surface area contributed by atoms with Gasteiger partial charge in [-0.2, -0.15) is 4.31 Å². The third kappa shape index (κ3) is 4.58. The lowest BCUT2D eigenvalue weighted by atomic mass is 10.0. The summed E-state index contributed by atoms with van der Waals surface area (Å²) in [5.74, 6) is -1.59. The minimum Gasteiger partial charge on any atom is -0.480 e. The predicted molar refractivity (Wildman–Crippen MR) is 94.4 cm³/mol. The van der Waals surface area contributed by atoms with Gasteiger partial charge in [0.1, 0.15) is 6.04 Å². The van der Waals surface area contributed by atoms with Crippen molar-refractivity contribution in [3.8, 4) is 0 Å². The van der Waals surface area contributed by atoms with Crippen molar-refractivity contribution < 1.29 is 23.1 Å². The van der Waals surface area contributed by atoms with Crippen molar-refractivity contribution in [1.82, 2.24) is 9.21 Å². The average molecular weight is 368 g/mol. The lowest BCUT2D eigenvalue weighted by molar-refractivity contribution is -0.151. The standard InChI is InChI=1S/C17H24N2O5S/c1-3-5-6-13(4-2)11-15(17(21)22)19-10-9-18(12-16(19)20)25(23,24)14-7-8-14/h3-6,14-15H,2,7-12H2,1H3,(H,21,22)/b5-3-,13-6+/t15-/m0/s1. The number of nitrogens with zero attached hydrogens (tertiary/aromatic N) is 2. The number of sulfonamides is 1. The monoisotopic (exact) mass is 368 g/mol.